The van der Waals surface area contributed by atoms with Crippen molar-refractivity contribution in [2.24, 2.45) is 0 Å². The van der Waals surface area contributed by atoms with Crippen molar-refractivity contribution in [3.8, 4) is 0 Å². The van der Waals surface area contributed by atoms with Gasteiger partial charge in [-0.05, 0) is 52.5 Å². The Kier molecular flexibility index (Phi) is 9.10. The molecule has 0 bridgehead atoms. The molecule has 3 rings (SSSR count). The fourth-order valence-electron chi connectivity index (χ4n) is 4.26. The SMILES string of the molecule is COC[C@H]1CO[C@@H](C(=O)N(C2CC2)[C@H](C)c2cc(CCCNC(=O)OC)n(C(C)C)n2)CN1. The standard InChI is InChI=1S/C23H39N5O5/c1-15(2)28-19(7-6-10-24-23(30)32-5)11-20(26-28)16(3)27(18-8-9-18)22(29)21-12-25-17(13-31-4)14-33-21/h11,15-18,21,25H,6-10,12-14H2,1-5H3,(H,24,30)/t16-,17+,21-/m1/s1. The van der Waals surface area contributed by atoms with Gasteiger partial charge in [0, 0.05) is 38.0 Å². The molecule has 0 radical (unpaired) electrons. The van der Waals surface area contributed by atoms with Gasteiger partial charge in [-0.3, -0.25) is 9.48 Å². The van der Waals surface area contributed by atoms with E-state index in [-0.39, 0.29) is 30.1 Å². The molecule has 0 spiro atoms. The zero-order valence-electron chi connectivity index (χ0n) is 20.5. The van der Waals surface area contributed by atoms with E-state index >= 15 is 0 Å². The van der Waals surface area contributed by atoms with Crippen LogP contribution in [0.4, 0.5) is 4.79 Å². The summed E-state index contributed by atoms with van der Waals surface area (Å²) in [5, 5.41) is 10.9. The highest BCUT2D eigenvalue weighted by molar-refractivity contribution is 5.82. The van der Waals surface area contributed by atoms with Gasteiger partial charge in [0.15, 0.2) is 0 Å². The third kappa shape index (κ3) is 6.68. The van der Waals surface area contributed by atoms with Gasteiger partial charge in [0.05, 0.1) is 38.1 Å². The molecule has 0 unspecified atom stereocenters. The van der Waals surface area contributed by atoms with E-state index < -0.39 is 12.2 Å². The molecule has 2 aliphatic rings. The fraction of sp³-hybridized carbons (Fsp3) is 0.783. The number of carbonyl (C=O) groups is 2. The van der Waals surface area contributed by atoms with Crippen LogP contribution in [0.1, 0.15) is 63.5 Å². The first-order valence-electron chi connectivity index (χ1n) is 11.9. The molecule has 33 heavy (non-hydrogen) atoms. The van der Waals surface area contributed by atoms with Crippen molar-refractivity contribution in [1.29, 1.82) is 0 Å². The summed E-state index contributed by atoms with van der Waals surface area (Å²) in [5.41, 5.74) is 1.99. The van der Waals surface area contributed by atoms with E-state index in [4.69, 9.17) is 14.6 Å². The van der Waals surface area contributed by atoms with Crippen LogP contribution in [0.2, 0.25) is 0 Å². The molecular weight excluding hydrogens is 426 g/mol. The Balaban J connectivity index is 1.67. The zero-order valence-corrected chi connectivity index (χ0v) is 20.5. The normalized spacial score (nSPS) is 21.6. The average Bonchev–Trinajstić information content (AvgIpc) is 3.54. The van der Waals surface area contributed by atoms with Gasteiger partial charge in [0.25, 0.3) is 5.91 Å². The molecule has 0 aromatic carbocycles. The zero-order chi connectivity index (χ0) is 24.0. The summed E-state index contributed by atoms with van der Waals surface area (Å²) >= 11 is 0. The average molecular weight is 466 g/mol. The number of nitrogens with one attached hydrogen (secondary N) is 2. The summed E-state index contributed by atoms with van der Waals surface area (Å²) in [7, 11) is 3.02. The number of carbonyl (C=O) groups excluding carboxylic acids is 2. The van der Waals surface area contributed by atoms with Crippen LogP contribution in [0.15, 0.2) is 6.07 Å². The second-order valence-electron chi connectivity index (χ2n) is 9.16. The van der Waals surface area contributed by atoms with Crippen LogP contribution >= 0.6 is 0 Å². The van der Waals surface area contributed by atoms with Gasteiger partial charge in [-0.1, -0.05) is 0 Å². The highest BCUT2D eigenvalue weighted by atomic mass is 16.5. The Morgan fingerprint density at radius 3 is 2.67 bits per heavy atom. The highest BCUT2D eigenvalue weighted by Crippen LogP contribution is 2.35. The number of rotatable bonds is 11. The van der Waals surface area contributed by atoms with Gasteiger partial charge in [-0.2, -0.15) is 5.10 Å². The number of ether oxygens (including phenoxy) is 3. The summed E-state index contributed by atoms with van der Waals surface area (Å²) in [5.74, 6) is 0.0243. The number of methoxy groups -OCH3 is 2. The van der Waals surface area contributed by atoms with Crippen LogP contribution in [0.25, 0.3) is 0 Å². The minimum Gasteiger partial charge on any atom is -0.453 e. The number of hydrogen-bond donors (Lipinski definition) is 2. The van der Waals surface area contributed by atoms with Crippen molar-refractivity contribution >= 4 is 12.0 Å². The summed E-state index contributed by atoms with van der Waals surface area (Å²) < 4.78 is 17.7. The Bertz CT molecular complexity index is 786. The van der Waals surface area contributed by atoms with E-state index in [9.17, 15) is 9.59 Å². The maximum Gasteiger partial charge on any atom is 0.406 e. The Morgan fingerprint density at radius 1 is 1.33 bits per heavy atom. The number of amides is 2. The molecule has 3 atom stereocenters. The van der Waals surface area contributed by atoms with E-state index in [1.165, 1.54) is 7.11 Å². The van der Waals surface area contributed by atoms with E-state index in [1.54, 1.807) is 7.11 Å². The van der Waals surface area contributed by atoms with Crippen molar-refractivity contribution in [2.45, 2.75) is 76.7 Å². The fourth-order valence-corrected chi connectivity index (χ4v) is 4.26. The lowest BCUT2D eigenvalue weighted by atomic mass is 10.1. The molecule has 1 aliphatic carbocycles. The number of nitrogens with zero attached hydrogens (tertiary/aromatic N) is 3. The van der Waals surface area contributed by atoms with Crippen LogP contribution in [-0.4, -0.2) is 85.4 Å². The molecule has 10 nitrogen and oxygen atoms in total. The number of hydrogen-bond acceptors (Lipinski definition) is 7. The number of aromatic nitrogens is 2. The van der Waals surface area contributed by atoms with Crippen LogP contribution < -0.4 is 10.6 Å². The molecule has 2 fully saturated rings. The van der Waals surface area contributed by atoms with Crippen molar-refractivity contribution in [1.82, 2.24) is 25.3 Å². The second-order valence-corrected chi connectivity index (χ2v) is 9.16. The molecule has 2 amide bonds. The minimum atomic E-state index is -0.489. The van der Waals surface area contributed by atoms with E-state index in [2.05, 4.69) is 42.2 Å². The van der Waals surface area contributed by atoms with Crippen molar-refractivity contribution in [3.05, 3.63) is 17.5 Å². The Hall–Kier alpha value is -2.17. The first-order chi connectivity index (χ1) is 15.8. The topological polar surface area (TPSA) is 107 Å². The van der Waals surface area contributed by atoms with Crippen LogP contribution in [-0.2, 0) is 25.4 Å². The third-order valence-electron chi connectivity index (χ3n) is 6.16. The van der Waals surface area contributed by atoms with E-state index in [0.717, 1.165) is 37.1 Å². The molecule has 2 heterocycles. The Morgan fingerprint density at radius 2 is 2.09 bits per heavy atom. The van der Waals surface area contributed by atoms with E-state index in [1.807, 2.05) is 9.58 Å². The molecule has 1 aliphatic heterocycles. The lowest BCUT2D eigenvalue weighted by Crippen LogP contribution is -2.55. The molecule has 1 saturated heterocycles. The largest absolute Gasteiger partial charge is 0.453 e. The van der Waals surface area contributed by atoms with Crippen molar-refractivity contribution in [2.75, 3.05) is 40.5 Å². The van der Waals surface area contributed by atoms with Crippen LogP contribution in [0.5, 0.6) is 0 Å². The second kappa shape index (κ2) is 11.8. The first-order valence-corrected chi connectivity index (χ1v) is 11.9. The van der Waals surface area contributed by atoms with Gasteiger partial charge in [-0.25, -0.2) is 4.79 Å². The number of alkyl carbamates (subject to hydrolysis) is 1. The maximum atomic E-state index is 13.4. The van der Waals surface area contributed by atoms with Gasteiger partial charge >= 0.3 is 6.09 Å². The molecule has 1 aromatic rings. The summed E-state index contributed by atoms with van der Waals surface area (Å²) in [6.45, 7) is 8.29. The first kappa shape index (κ1) is 25.5. The van der Waals surface area contributed by atoms with E-state index in [0.29, 0.717) is 26.3 Å². The van der Waals surface area contributed by atoms with Gasteiger partial charge in [0.2, 0.25) is 0 Å². The summed E-state index contributed by atoms with van der Waals surface area (Å²) in [6.07, 6.45) is 2.66. The predicted octanol–water partition coefficient (Wildman–Crippen LogP) is 1.81. The van der Waals surface area contributed by atoms with Gasteiger partial charge < -0.3 is 29.7 Å². The Labute approximate surface area is 196 Å². The lowest BCUT2D eigenvalue weighted by molar-refractivity contribution is -0.150. The lowest BCUT2D eigenvalue weighted by Gasteiger charge is -2.35. The number of morpholine rings is 1. The van der Waals surface area contributed by atoms with Crippen LogP contribution in [0, 0.1) is 0 Å². The van der Waals surface area contributed by atoms with Gasteiger partial charge in [-0.15, -0.1) is 0 Å². The smallest absolute Gasteiger partial charge is 0.406 e. The highest BCUT2D eigenvalue weighted by Gasteiger charge is 2.41. The van der Waals surface area contributed by atoms with Crippen molar-refractivity contribution in [3.63, 3.8) is 0 Å². The molecule has 1 aromatic heterocycles. The maximum absolute atomic E-state index is 13.4. The molecule has 186 valence electrons. The third-order valence-corrected chi connectivity index (χ3v) is 6.16. The van der Waals surface area contributed by atoms with Gasteiger partial charge in [0.1, 0.15) is 6.10 Å². The molecule has 2 N–H and O–H groups in total. The summed E-state index contributed by atoms with van der Waals surface area (Å²) in [6, 6.07) is 2.51. The quantitative estimate of drug-likeness (QED) is 0.480. The summed E-state index contributed by atoms with van der Waals surface area (Å²) in [4.78, 5) is 26.7. The minimum absolute atomic E-state index is 0.0243. The molecule has 10 heteroatoms. The monoisotopic (exact) mass is 465 g/mol. The van der Waals surface area contributed by atoms with Crippen molar-refractivity contribution < 1.29 is 23.8 Å². The van der Waals surface area contributed by atoms with Crippen LogP contribution in [0.3, 0.4) is 0 Å². The molecule has 1 saturated carbocycles. The number of aryl methyl sites for hydroxylation is 1. The molecular formula is C23H39N5O5. The predicted molar refractivity (Wildman–Crippen MR) is 123 cm³/mol.